The van der Waals surface area contributed by atoms with E-state index in [4.69, 9.17) is 9.57 Å². The number of ether oxygens (including phenoxy) is 1. The molecule has 0 N–H and O–H groups in total. The van der Waals surface area contributed by atoms with Gasteiger partial charge in [0.2, 0.25) is 11.8 Å². The van der Waals surface area contributed by atoms with Crippen molar-refractivity contribution in [2.75, 3.05) is 0 Å². The summed E-state index contributed by atoms with van der Waals surface area (Å²) in [5.74, 6) is 0.180. The average Bonchev–Trinajstić information content (AvgIpc) is 3.67. The van der Waals surface area contributed by atoms with Crippen molar-refractivity contribution in [1.82, 2.24) is 9.88 Å². The Hall–Kier alpha value is -4.00. The molecular formula is C29H25N3O4. The van der Waals surface area contributed by atoms with Crippen LogP contribution in [-0.4, -0.2) is 33.5 Å². The van der Waals surface area contributed by atoms with Crippen molar-refractivity contribution in [3.05, 3.63) is 95.8 Å². The van der Waals surface area contributed by atoms with E-state index in [1.807, 2.05) is 66.7 Å². The first-order valence-electron chi connectivity index (χ1n) is 12.4. The minimum Gasteiger partial charge on any atom is -0.489 e. The Morgan fingerprint density at radius 3 is 2.36 bits per heavy atom. The van der Waals surface area contributed by atoms with Crippen molar-refractivity contribution in [2.24, 2.45) is 34.7 Å². The van der Waals surface area contributed by atoms with Crippen LogP contribution in [0.1, 0.15) is 23.1 Å². The maximum Gasteiger partial charge on any atom is 0.233 e. The highest BCUT2D eigenvalue weighted by Gasteiger charge is 2.70. The van der Waals surface area contributed by atoms with Gasteiger partial charge in [0.1, 0.15) is 18.5 Å². The van der Waals surface area contributed by atoms with Gasteiger partial charge in [-0.3, -0.25) is 19.5 Å². The first-order valence-corrected chi connectivity index (χ1v) is 12.4. The van der Waals surface area contributed by atoms with Crippen molar-refractivity contribution in [1.29, 1.82) is 0 Å². The molecule has 2 aliphatic heterocycles. The monoisotopic (exact) mass is 479 g/mol. The Bertz CT molecular complexity index is 1340. The molecule has 6 atom stereocenters. The average molecular weight is 480 g/mol. The maximum atomic E-state index is 13.4. The van der Waals surface area contributed by atoms with Crippen molar-refractivity contribution in [3.63, 3.8) is 0 Å². The highest BCUT2D eigenvalue weighted by molar-refractivity contribution is 6.08. The molecule has 2 saturated carbocycles. The molecule has 3 fully saturated rings. The topological polar surface area (TPSA) is 81.1 Å². The number of carbonyl (C=O) groups is 2. The van der Waals surface area contributed by atoms with Gasteiger partial charge in [-0.25, -0.2) is 0 Å². The van der Waals surface area contributed by atoms with Gasteiger partial charge >= 0.3 is 0 Å². The highest BCUT2D eigenvalue weighted by atomic mass is 16.6. The van der Waals surface area contributed by atoms with Crippen LogP contribution in [0.25, 0.3) is 0 Å². The summed E-state index contributed by atoms with van der Waals surface area (Å²) in [5.41, 5.74) is 3.83. The van der Waals surface area contributed by atoms with Crippen LogP contribution in [0.15, 0.2) is 84.3 Å². The summed E-state index contributed by atoms with van der Waals surface area (Å²) in [6, 6.07) is 21.7. The van der Waals surface area contributed by atoms with Gasteiger partial charge in [0, 0.05) is 29.8 Å². The molecule has 0 radical (unpaired) electrons. The molecule has 3 aromatic rings. The first-order chi connectivity index (χ1) is 17.7. The summed E-state index contributed by atoms with van der Waals surface area (Å²) in [5, 5.41) is 4.45. The lowest BCUT2D eigenvalue weighted by molar-refractivity contribution is -0.141. The minimum absolute atomic E-state index is 0.0232. The fraction of sp³-hybridized carbons (Fsp3) is 0.310. The quantitative estimate of drug-likeness (QED) is 0.502. The van der Waals surface area contributed by atoms with E-state index in [0.717, 1.165) is 34.6 Å². The molecular weight excluding hydrogens is 454 g/mol. The minimum atomic E-state index is -0.302. The third kappa shape index (κ3) is 3.26. The second-order valence-electron chi connectivity index (χ2n) is 10.1. The van der Waals surface area contributed by atoms with Crippen molar-refractivity contribution in [3.8, 4) is 5.75 Å². The number of amides is 2. The zero-order valence-electron chi connectivity index (χ0n) is 19.6. The Kier molecular flexibility index (Phi) is 4.91. The molecule has 7 nitrogen and oxygen atoms in total. The number of imide groups is 1. The second-order valence-corrected chi connectivity index (χ2v) is 10.1. The molecule has 4 aliphatic rings. The molecule has 7 rings (SSSR count). The fourth-order valence-electron chi connectivity index (χ4n) is 6.72. The third-order valence-electron chi connectivity index (χ3n) is 8.24. The van der Waals surface area contributed by atoms with Crippen LogP contribution in [-0.2, 0) is 27.6 Å². The molecule has 0 spiro atoms. The molecule has 2 aromatic carbocycles. The number of oxime groups is 1. The zero-order chi connectivity index (χ0) is 24.2. The van der Waals surface area contributed by atoms with Gasteiger partial charge in [0.15, 0.2) is 0 Å². The molecule has 3 heterocycles. The smallest absolute Gasteiger partial charge is 0.233 e. The van der Waals surface area contributed by atoms with Crippen molar-refractivity contribution in [2.45, 2.75) is 25.7 Å². The molecule has 180 valence electrons. The number of hydrogen-bond donors (Lipinski definition) is 0. The second kappa shape index (κ2) is 8.29. The lowest BCUT2D eigenvalue weighted by Gasteiger charge is -2.29. The van der Waals surface area contributed by atoms with Crippen LogP contribution in [0.5, 0.6) is 5.75 Å². The van der Waals surface area contributed by atoms with Crippen LogP contribution in [0.2, 0.25) is 0 Å². The summed E-state index contributed by atoms with van der Waals surface area (Å²) >= 11 is 0. The van der Waals surface area contributed by atoms with E-state index in [-0.39, 0.29) is 54.1 Å². The molecule has 2 aliphatic carbocycles. The largest absolute Gasteiger partial charge is 0.489 e. The molecule has 2 amide bonds. The Morgan fingerprint density at radius 1 is 0.861 bits per heavy atom. The number of rotatable bonds is 6. The van der Waals surface area contributed by atoms with E-state index >= 15 is 0 Å². The van der Waals surface area contributed by atoms with Crippen LogP contribution in [0.4, 0.5) is 0 Å². The van der Waals surface area contributed by atoms with E-state index in [1.54, 1.807) is 12.4 Å². The number of likely N-dealkylation sites (tertiary alicyclic amines) is 1. The third-order valence-corrected chi connectivity index (χ3v) is 8.24. The van der Waals surface area contributed by atoms with Crippen LogP contribution >= 0.6 is 0 Å². The van der Waals surface area contributed by atoms with E-state index in [1.165, 1.54) is 4.90 Å². The highest BCUT2D eigenvalue weighted by Crippen LogP contribution is 2.61. The first kappa shape index (κ1) is 21.3. The fourth-order valence-corrected chi connectivity index (χ4v) is 6.72. The van der Waals surface area contributed by atoms with E-state index in [0.29, 0.717) is 6.61 Å². The summed E-state index contributed by atoms with van der Waals surface area (Å²) < 4.78 is 5.93. The van der Waals surface area contributed by atoms with Gasteiger partial charge in [-0.2, -0.15) is 0 Å². The molecule has 2 bridgehead atoms. The van der Waals surface area contributed by atoms with Gasteiger partial charge in [0.05, 0.1) is 24.1 Å². The maximum absolute atomic E-state index is 13.4. The predicted molar refractivity (Wildman–Crippen MR) is 130 cm³/mol. The Morgan fingerprint density at radius 2 is 1.61 bits per heavy atom. The number of fused-ring (bicyclic) bond motifs is 8. The van der Waals surface area contributed by atoms with Crippen LogP contribution < -0.4 is 4.74 Å². The van der Waals surface area contributed by atoms with Crippen molar-refractivity contribution < 1.29 is 19.2 Å². The molecule has 1 aromatic heterocycles. The summed E-state index contributed by atoms with van der Waals surface area (Å²) in [4.78, 5) is 38.2. The molecule has 36 heavy (non-hydrogen) atoms. The lowest BCUT2D eigenvalue weighted by Crippen LogP contribution is -2.41. The number of carbonyl (C=O) groups excluding carboxylic acids is 2. The Labute approximate surface area is 208 Å². The van der Waals surface area contributed by atoms with E-state index < -0.39 is 0 Å². The normalized spacial score (nSPS) is 29.7. The van der Waals surface area contributed by atoms with Gasteiger partial charge in [-0.1, -0.05) is 41.6 Å². The number of pyridine rings is 1. The number of aromatic nitrogens is 1. The number of hydrogen-bond acceptors (Lipinski definition) is 6. The molecule has 1 saturated heterocycles. The van der Waals surface area contributed by atoms with E-state index in [2.05, 4.69) is 10.1 Å². The SMILES string of the molecule is O=C1C2C3CC(C4C(c5ccc(OCc6ccccc6)cc5)=NOC34)C2C(=O)N1Cc1cccnc1. The van der Waals surface area contributed by atoms with Crippen LogP contribution in [0, 0.1) is 29.6 Å². The molecule has 7 heteroatoms. The van der Waals surface area contributed by atoms with E-state index in [9.17, 15) is 9.59 Å². The van der Waals surface area contributed by atoms with Gasteiger partial charge in [-0.05, 0) is 53.8 Å². The van der Waals surface area contributed by atoms with Gasteiger partial charge in [-0.15, -0.1) is 0 Å². The Balaban J connectivity index is 1.08. The lowest BCUT2D eigenvalue weighted by atomic mass is 9.71. The predicted octanol–water partition coefficient (Wildman–Crippen LogP) is 3.83. The van der Waals surface area contributed by atoms with Crippen molar-refractivity contribution >= 4 is 17.5 Å². The summed E-state index contributed by atoms with van der Waals surface area (Å²) in [6.45, 7) is 0.785. The molecule has 6 unspecified atom stereocenters. The zero-order valence-corrected chi connectivity index (χ0v) is 19.6. The number of benzene rings is 2. The van der Waals surface area contributed by atoms with Crippen LogP contribution in [0.3, 0.4) is 0 Å². The summed E-state index contributed by atoms with van der Waals surface area (Å²) in [7, 11) is 0. The standard InChI is InChI=1S/C29H25N3O4/c33-28-23-21-13-22(24(23)29(34)32(28)15-18-7-4-12-30-14-18)27-25(21)26(31-36-27)19-8-10-20(11-9-19)35-16-17-5-2-1-3-6-17/h1-12,14,21-25,27H,13,15-16H2. The van der Waals surface area contributed by atoms with Gasteiger partial charge < -0.3 is 9.57 Å². The summed E-state index contributed by atoms with van der Waals surface area (Å²) in [6.07, 6.45) is 4.09. The van der Waals surface area contributed by atoms with Gasteiger partial charge in [0.25, 0.3) is 0 Å². The number of nitrogens with zero attached hydrogens (tertiary/aromatic N) is 3.